The summed E-state index contributed by atoms with van der Waals surface area (Å²) in [5.41, 5.74) is 1.80. The van der Waals surface area contributed by atoms with Crippen LogP contribution in [-0.4, -0.2) is 30.1 Å². The lowest BCUT2D eigenvalue weighted by molar-refractivity contribution is 0.0857. The maximum atomic E-state index is 13.3. The first-order valence-electron chi connectivity index (χ1n) is 7.10. The topological polar surface area (TPSA) is 51.2 Å². The highest BCUT2D eigenvalue weighted by Gasteiger charge is 2.18. The van der Waals surface area contributed by atoms with Gasteiger partial charge in [-0.15, -0.1) is 0 Å². The number of nitrogens with one attached hydrogen (secondary N) is 1. The minimum Gasteiger partial charge on any atom is -0.376 e. The van der Waals surface area contributed by atoms with Crippen molar-refractivity contribution in [3.05, 3.63) is 41.3 Å². The molecule has 1 aromatic carbocycles. The first-order valence-corrected chi connectivity index (χ1v) is 7.10. The van der Waals surface area contributed by atoms with Crippen LogP contribution in [-0.2, 0) is 4.74 Å². The van der Waals surface area contributed by atoms with Crippen molar-refractivity contribution >= 4 is 16.8 Å². The number of aryl methyl sites for hydroxylation is 1. The second-order valence-corrected chi connectivity index (χ2v) is 5.30. The quantitative estimate of drug-likeness (QED) is 0.944. The molecule has 1 N–H and O–H groups in total. The van der Waals surface area contributed by atoms with Crippen molar-refractivity contribution in [3.8, 4) is 0 Å². The number of fused-ring (bicyclic) bond motifs is 1. The van der Waals surface area contributed by atoms with E-state index in [4.69, 9.17) is 4.74 Å². The van der Waals surface area contributed by atoms with Crippen LogP contribution in [0.3, 0.4) is 0 Å². The number of ether oxygens (including phenoxy) is 1. The summed E-state index contributed by atoms with van der Waals surface area (Å²) in [6, 6.07) is 6.06. The van der Waals surface area contributed by atoms with Crippen molar-refractivity contribution < 1.29 is 13.9 Å². The molecule has 1 atom stereocenters. The number of halogens is 1. The van der Waals surface area contributed by atoms with Gasteiger partial charge in [-0.3, -0.25) is 9.78 Å². The van der Waals surface area contributed by atoms with E-state index < -0.39 is 0 Å². The predicted octanol–water partition coefficient (Wildman–Crippen LogP) is 2.59. The molecular formula is C16H17FN2O2. The Morgan fingerprint density at radius 3 is 3.10 bits per heavy atom. The molecule has 1 aliphatic heterocycles. The molecule has 0 unspecified atom stereocenters. The van der Waals surface area contributed by atoms with Gasteiger partial charge in [-0.1, -0.05) is 0 Å². The van der Waals surface area contributed by atoms with E-state index in [1.807, 2.05) is 0 Å². The smallest absolute Gasteiger partial charge is 0.253 e. The van der Waals surface area contributed by atoms with Gasteiger partial charge in [0.25, 0.3) is 5.91 Å². The highest BCUT2D eigenvalue weighted by Crippen LogP contribution is 2.18. The highest BCUT2D eigenvalue weighted by atomic mass is 19.1. The predicted molar refractivity (Wildman–Crippen MR) is 77.7 cm³/mol. The summed E-state index contributed by atoms with van der Waals surface area (Å²) in [5, 5.41) is 3.49. The number of amides is 1. The van der Waals surface area contributed by atoms with Gasteiger partial charge in [0, 0.05) is 18.5 Å². The van der Waals surface area contributed by atoms with E-state index >= 15 is 0 Å². The molecule has 1 aromatic heterocycles. The van der Waals surface area contributed by atoms with E-state index in [0.29, 0.717) is 28.7 Å². The normalized spacial score (nSPS) is 18.1. The molecule has 5 heteroatoms. The van der Waals surface area contributed by atoms with Gasteiger partial charge in [-0.2, -0.15) is 0 Å². The Labute approximate surface area is 122 Å². The van der Waals surface area contributed by atoms with Crippen molar-refractivity contribution in [2.75, 3.05) is 13.2 Å². The van der Waals surface area contributed by atoms with E-state index in [1.54, 1.807) is 19.1 Å². The summed E-state index contributed by atoms with van der Waals surface area (Å²) < 4.78 is 18.8. The lowest BCUT2D eigenvalue weighted by atomic mass is 10.1. The van der Waals surface area contributed by atoms with Gasteiger partial charge in [-0.05, 0) is 44.0 Å². The second kappa shape index (κ2) is 5.77. The van der Waals surface area contributed by atoms with Crippen LogP contribution >= 0.6 is 0 Å². The maximum Gasteiger partial charge on any atom is 0.253 e. The van der Waals surface area contributed by atoms with Gasteiger partial charge in [0.1, 0.15) is 5.82 Å². The number of benzene rings is 1. The Kier molecular flexibility index (Phi) is 3.84. The number of carbonyl (C=O) groups is 1. The van der Waals surface area contributed by atoms with E-state index in [-0.39, 0.29) is 17.8 Å². The van der Waals surface area contributed by atoms with Crippen LogP contribution in [0.5, 0.6) is 0 Å². The Balaban J connectivity index is 1.81. The van der Waals surface area contributed by atoms with Gasteiger partial charge < -0.3 is 10.1 Å². The molecule has 1 fully saturated rings. The van der Waals surface area contributed by atoms with Crippen molar-refractivity contribution in [1.29, 1.82) is 0 Å². The molecule has 2 heterocycles. The summed E-state index contributed by atoms with van der Waals surface area (Å²) in [7, 11) is 0. The number of rotatable bonds is 3. The van der Waals surface area contributed by atoms with Gasteiger partial charge >= 0.3 is 0 Å². The minimum absolute atomic E-state index is 0.0973. The molecular weight excluding hydrogens is 271 g/mol. The molecule has 0 radical (unpaired) electrons. The van der Waals surface area contributed by atoms with Crippen molar-refractivity contribution in [2.24, 2.45) is 0 Å². The third-order valence-electron chi connectivity index (χ3n) is 3.73. The van der Waals surface area contributed by atoms with Crippen molar-refractivity contribution in [3.63, 3.8) is 0 Å². The zero-order valence-electron chi connectivity index (χ0n) is 11.9. The largest absolute Gasteiger partial charge is 0.376 e. The summed E-state index contributed by atoms with van der Waals surface area (Å²) in [4.78, 5) is 16.6. The average Bonchev–Trinajstić information content (AvgIpc) is 2.98. The first-order chi connectivity index (χ1) is 10.1. The van der Waals surface area contributed by atoms with Crippen molar-refractivity contribution in [1.82, 2.24) is 10.3 Å². The van der Waals surface area contributed by atoms with Crippen LogP contribution < -0.4 is 5.32 Å². The second-order valence-electron chi connectivity index (χ2n) is 5.30. The zero-order chi connectivity index (χ0) is 14.8. The standard InChI is InChI=1S/C16H17FN2O2/c1-10-14(16(20)18-9-13-3-2-6-21-13)8-11-7-12(17)4-5-15(11)19-10/h4-5,7-8,13H,2-3,6,9H2,1H3,(H,18,20)/t13-/m1/s1. The third-order valence-corrected chi connectivity index (χ3v) is 3.73. The van der Waals surface area contributed by atoms with Crippen LogP contribution in [0.2, 0.25) is 0 Å². The molecule has 3 rings (SSSR count). The number of pyridine rings is 1. The molecule has 0 bridgehead atoms. The number of nitrogens with zero attached hydrogens (tertiary/aromatic N) is 1. The molecule has 0 spiro atoms. The molecule has 2 aromatic rings. The Morgan fingerprint density at radius 1 is 1.48 bits per heavy atom. The zero-order valence-corrected chi connectivity index (χ0v) is 11.9. The minimum atomic E-state index is -0.334. The highest BCUT2D eigenvalue weighted by molar-refractivity contribution is 5.98. The summed E-state index contributed by atoms with van der Waals surface area (Å²) >= 11 is 0. The van der Waals surface area contributed by atoms with Gasteiger partial charge in [0.15, 0.2) is 0 Å². The fourth-order valence-corrected chi connectivity index (χ4v) is 2.58. The Hall–Kier alpha value is -2.01. The lowest BCUT2D eigenvalue weighted by Gasteiger charge is -2.12. The maximum absolute atomic E-state index is 13.3. The average molecular weight is 288 g/mol. The van der Waals surface area contributed by atoms with Crippen LogP contribution in [0.25, 0.3) is 10.9 Å². The van der Waals surface area contributed by atoms with E-state index in [9.17, 15) is 9.18 Å². The summed E-state index contributed by atoms with van der Waals surface area (Å²) in [6.45, 7) is 3.04. The van der Waals surface area contributed by atoms with Gasteiger partial charge in [-0.25, -0.2) is 4.39 Å². The fraction of sp³-hybridized carbons (Fsp3) is 0.375. The number of carbonyl (C=O) groups excluding carboxylic acids is 1. The van der Waals surface area contributed by atoms with Gasteiger partial charge in [0.05, 0.1) is 22.9 Å². The number of hydrogen-bond acceptors (Lipinski definition) is 3. The lowest BCUT2D eigenvalue weighted by Crippen LogP contribution is -2.32. The molecule has 110 valence electrons. The van der Waals surface area contributed by atoms with E-state index in [0.717, 1.165) is 19.4 Å². The van der Waals surface area contributed by atoms with E-state index in [1.165, 1.54) is 12.1 Å². The van der Waals surface area contributed by atoms with Crippen molar-refractivity contribution in [2.45, 2.75) is 25.9 Å². The third kappa shape index (κ3) is 3.03. The number of aromatic nitrogens is 1. The molecule has 1 amide bonds. The van der Waals surface area contributed by atoms with Crippen LogP contribution in [0.1, 0.15) is 28.9 Å². The molecule has 0 aliphatic carbocycles. The fourth-order valence-electron chi connectivity index (χ4n) is 2.58. The molecule has 21 heavy (non-hydrogen) atoms. The molecule has 4 nitrogen and oxygen atoms in total. The van der Waals surface area contributed by atoms with E-state index in [2.05, 4.69) is 10.3 Å². The molecule has 1 saturated heterocycles. The van der Waals surface area contributed by atoms with Gasteiger partial charge in [0.2, 0.25) is 0 Å². The summed E-state index contributed by atoms with van der Waals surface area (Å²) in [6.07, 6.45) is 2.11. The number of hydrogen-bond donors (Lipinski definition) is 1. The molecule has 1 aliphatic rings. The molecule has 0 saturated carbocycles. The van der Waals surface area contributed by atoms with Crippen LogP contribution in [0, 0.1) is 12.7 Å². The Morgan fingerprint density at radius 2 is 2.33 bits per heavy atom. The Bertz CT molecular complexity index is 681. The SMILES string of the molecule is Cc1nc2ccc(F)cc2cc1C(=O)NC[C@H]1CCCO1. The summed E-state index contributed by atoms with van der Waals surface area (Å²) in [5.74, 6) is -0.527. The first kappa shape index (κ1) is 13.9. The van der Waals surface area contributed by atoms with Crippen LogP contribution in [0.4, 0.5) is 4.39 Å². The van der Waals surface area contributed by atoms with Crippen LogP contribution in [0.15, 0.2) is 24.3 Å². The monoisotopic (exact) mass is 288 g/mol.